The molecule has 3 N–H and O–H groups in total. The van der Waals surface area contributed by atoms with E-state index in [1.165, 1.54) is 7.11 Å². The molecule has 0 saturated carbocycles. The fraction of sp³-hybridized carbons (Fsp3) is 0.292. The molecule has 1 aliphatic rings. The maximum absolute atomic E-state index is 12.3. The van der Waals surface area contributed by atoms with Gasteiger partial charge in [-0.05, 0) is 44.4 Å². The first-order chi connectivity index (χ1) is 15.3. The monoisotopic (exact) mass is 438 g/mol. The summed E-state index contributed by atoms with van der Waals surface area (Å²) in [5.41, 5.74) is 8.96. The number of hydrogen-bond acceptors (Lipinski definition) is 6. The number of primary amides is 1. The number of urea groups is 1. The van der Waals surface area contributed by atoms with Crippen LogP contribution in [0.2, 0.25) is 0 Å². The van der Waals surface area contributed by atoms with E-state index in [0.717, 1.165) is 11.1 Å². The van der Waals surface area contributed by atoms with Crippen LogP contribution in [0.4, 0.5) is 10.5 Å². The minimum absolute atomic E-state index is 0.114. The van der Waals surface area contributed by atoms with Crippen LogP contribution >= 0.6 is 0 Å². The zero-order valence-electron chi connectivity index (χ0n) is 18.3. The molecule has 2 aromatic rings. The molecular formula is C24H26N2O6. The predicted octanol–water partition coefficient (Wildman–Crippen LogP) is 4.04. The molecule has 1 aliphatic heterocycles. The van der Waals surface area contributed by atoms with Crippen molar-refractivity contribution in [3.8, 4) is 11.5 Å². The van der Waals surface area contributed by atoms with Crippen molar-refractivity contribution in [1.82, 2.24) is 0 Å². The number of fused-ring (bicyclic) bond motifs is 1. The van der Waals surface area contributed by atoms with E-state index >= 15 is 0 Å². The lowest BCUT2D eigenvalue weighted by Gasteiger charge is -2.19. The number of rotatable bonds is 8. The van der Waals surface area contributed by atoms with Crippen LogP contribution in [0.3, 0.4) is 0 Å². The maximum atomic E-state index is 12.3. The number of carbonyl (C=O) groups excluding carboxylic acids is 3. The number of nitrogens with one attached hydrogen (secondary N) is 1. The maximum Gasteiger partial charge on any atom is 0.341 e. The third kappa shape index (κ3) is 5.08. The number of benzene rings is 2. The highest BCUT2D eigenvalue weighted by Crippen LogP contribution is 2.41. The Bertz CT molecular complexity index is 1080. The van der Waals surface area contributed by atoms with Crippen LogP contribution in [0.15, 0.2) is 42.0 Å². The van der Waals surface area contributed by atoms with Crippen molar-refractivity contribution in [2.75, 3.05) is 12.4 Å². The first kappa shape index (κ1) is 22.9. The lowest BCUT2D eigenvalue weighted by molar-refractivity contribution is -0.134. The van der Waals surface area contributed by atoms with Crippen LogP contribution < -0.4 is 20.5 Å². The van der Waals surface area contributed by atoms with Crippen molar-refractivity contribution in [2.45, 2.75) is 39.7 Å². The lowest BCUT2D eigenvalue weighted by atomic mass is 9.93. The van der Waals surface area contributed by atoms with Gasteiger partial charge in [0.15, 0.2) is 0 Å². The van der Waals surface area contributed by atoms with Crippen molar-refractivity contribution >= 4 is 23.7 Å². The third-order valence-electron chi connectivity index (χ3n) is 5.28. The molecule has 8 nitrogen and oxygen atoms in total. The molecule has 2 aromatic carbocycles. The summed E-state index contributed by atoms with van der Waals surface area (Å²) in [6.45, 7) is 3.85. The molecule has 8 heteroatoms. The minimum atomic E-state index is -0.789. The minimum Gasteiger partial charge on any atom is -0.496 e. The number of cyclic esters (lactones) is 1. The summed E-state index contributed by atoms with van der Waals surface area (Å²) >= 11 is 0. The van der Waals surface area contributed by atoms with Gasteiger partial charge in [-0.3, -0.25) is 4.79 Å². The van der Waals surface area contributed by atoms with Crippen LogP contribution in [0.1, 0.15) is 46.8 Å². The number of methoxy groups -OCH3 is 1. The van der Waals surface area contributed by atoms with Gasteiger partial charge < -0.3 is 25.3 Å². The summed E-state index contributed by atoms with van der Waals surface area (Å²) in [7, 11) is 1.53. The molecule has 0 atom stereocenters. The molecule has 0 bridgehead atoms. The van der Waals surface area contributed by atoms with Crippen molar-refractivity contribution in [2.24, 2.45) is 5.73 Å². The molecule has 32 heavy (non-hydrogen) atoms. The highest BCUT2D eigenvalue weighted by molar-refractivity contribution is 6.05. The Balaban J connectivity index is 1.79. The second kappa shape index (κ2) is 10.00. The van der Waals surface area contributed by atoms with Gasteiger partial charge in [0, 0.05) is 17.5 Å². The molecule has 0 radical (unpaired) electrons. The van der Waals surface area contributed by atoms with Crippen molar-refractivity contribution in [3.63, 3.8) is 0 Å². The number of ether oxygens (including phenoxy) is 3. The summed E-state index contributed by atoms with van der Waals surface area (Å²) in [4.78, 5) is 36.0. The topological polar surface area (TPSA) is 117 Å². The third-order valence-corrected chi connectivity index (χ3v) is 5.28. The average molecular weight is 438 g/mol. The molecule has 0 aromatic heterocycles. The average Bonchev–Trinajstić information content (AvgIpc) is 3.15. The number of anilines is 1. The highest BCUT2D eigenvalue weighted by Gasteiger charge is 2.32. The Labute approximate surface area is 186 Å². The molecular weight excluding hydrogens is 412 g/mol. The van der Waals surface area contributed by atoms with Gasteiger partial charge in [0.25, 0.3) is 0 Å². The van der Waals surface area contributed by atoms with Gasteiger partial charge in [0.05, 0.1) is 18.4 Å². The molecule has 2 amide bonds. The van der Waals surface area contributed by atoms with Crippen molar-refractivity contribution in [1.29, 1.82) is 0 Å². The molecule has 1 heterocycles. The number of para-hydroxylation sites is 1. The second-order valence-corrected chi connectivity index (χ2v) is 7.47. The van der Waals surface area contributed by atoms with E-state index in [2.05, 4.69) is 5.32 Å². The Morgan fingerprint density at radius 3 is 2.59 bits per heavy atom. The zero-order chi connectivity index (χ0) is 23.3. The molecule has 0 aliphatic carbocycles. The second-order valence-electron chi connectivity index (χ2n) is 7.47. The van der Waals surface area contributed by atoms with Crippen LogP contribution in [0, 0.1) is 6.92 Å². The van der Waals surface area contributed by atoms with Crippen LogP contribution in [0.5, 0.6) is 11.5 Å². The predicted molar refractivity (Wildman–Crippen MR) is 119 cm³/mol. The number of amides is 2. The largest absolute Gasteiger partial charge is 0.496 e. The van der Waals surface area contributed by atoms with E-state index in [-0.39, 0.29) is 19.0 Å². The fourth-order valence-corrected chi connectivity index (χ4v) is 3.66. The van der Waals surface area contributed by atoms with Gasteiger partial charge in [-0.15, -0.1) is 0 Å². The Morgan fingerprint density at radius 1 is 1.22 bits per heavy atom. The van der Waals surface area contributed by atoms with Gasteiger partial charge in [-0.2, -0.15) is 0 Å². The van der Waals surface area contributed by atoms with E-state index < -0.39 is 12.0 Å². The van der Waals surface area contributed by atoms with Crippen LogP contribution in [-0.2, 0) is 22.6 Å². The highest BCUT2D eigenvalue weighted by atomic mass is 16.5. The Kier molecular flexibility index (Phi) is 7.14. The van der Waals surface area contributed by atoms with E-state index in [1.54, 1.807) is 24.3 Å². The molecule has 0 fully saturated rings. The Hall–Kier alpha value is -3.81. The normalized spacial score (nSPS) is 12.7. The van der Waals surface area contributed by atoms with Crippen LogP contribution in [-0.4, -0.2) is 25.1 Å². The molecule has 168 valence electrons. The van der Waals surface area contributed by atoms with E-state index in [4.69, 9.17) is 19.9 Å². The number of esters is 2. The van der Waals surface area contributed by atoms with Crippen molar-refractivity contribution < 1.29 is 28.6 Å². The quantitative estimate of drug-likeness (QED) is 0.365. The first-order valence-corrected chi connectivity index (χ1v) is 10.2. The summed E-state index contributed by atoms with van der Waals surface area (Å²) in [6.07, 6.45) is 3.00. The smallest absolute Gasteiger partial charge is 0.341 e. The van der Waals surface area contributed by atoms with Gasteiger partial charge in [-0.25, -0.2) is 9.59 Å². The SMILES string of the molecule is COc1c(C)c2c(c(NC(N)=O)c1CC=C(C)CCC(=O)Oc1ccccc1)C(=O)OC2. The standard InChI is InChI=1S/C24H26N2O6/c1-14(10-12-19(27)32-16-7-5-4-6-8-16)9-11-17-21(26-24(25)29)20-18(13-31-23(20)28)15(2)22(17)30-3/h4-9H,10-13H2,1-3H3,(H3,25,26,29). The summed E-state index contributed by atoms with van der Waals surface area (Å²) < 4.78 is 16.1. The lowest BCUT2D eigenvalue weighted by Crippen LogP contribution is -2.22. The summed E-state index contributed by atoms with van der Waals surface area (Å²) in [5, 5.41) is 2.56. The van der Waals surface area contributed by atoms with Crippen LogP contribution in [0.25, 0.3) is 0 Å². The Morgan fingerprint density at radius 2 is 1.94 bits per heavy atom. The van der Waals surface area contributed by atoms with Gasteiger partial charge in [-0.1, -0.05) is 29.8 Å². The van der Waals surface area contributed by atoms with Crippen molar-refractivity contribution in [3.05, 3.63) is 64.2 Å². The summed E-state index contributed by atoms with van der Waals surface area (Å²) in [5.74, 6) is 0.221. The first-order valence-electron chi connectivity index (χ1n) is 10.2. The molecule has 0 saturated heterocycles. The number of hydrogen-bond donors (Lipinski definition) is 2. The molecule has 3 rings (SSSR count). The molecule has 0 unspecified atom stereocenters. The van der Waals surface area contributed by atoms with E-state index in [0.29, 0.717) is 46.7 Å². The number of nitrogens with two attached hydrogens (primary N) is 1. The van der Waals surface area contributed by atoms with Gasteiger partial charge in [0.2, 0.25) is 0 Å². The van der Waals surface area contributed by atoms with Gasteiger partial charge in [0.1, 0.15) is 18.1 Å². The fourth-order valence-electron chi connectivity index (χ4n) is 3.66. The number of allylic oxidation sites excluding steroid dienone is 2. The zero-order valence-corrected chi connectivity index (χ0v) is 18.3. The summed E-state index contributed by atoms with van der Waals surface area (Å²) in [6, 6.07) is 8.10. The van der Waals surface area contributed by atoms with Gasteiger partial charge >= 0.3 is 18.0 Å². The van der Waals surface area contributed by atoms with E-state index in [9.17, 15) is 14.4 Å². The molecule has 0 spiro atoms. The van der Waals surface area contributed by atoms with E-state index in [1.807, 2.05) is 26.0 Å². The number of carbonyl (C=O) groups is 3.